The molecular weight excluding hydrogens is 288 g/mol. The lowest BCUT2D eigenvalue weighted by molar-refractivity contribution is -0.121. The normalized spacial score (nSPS) is 11.1. The Balaban J connectivity index is 1.68. The summed E-state index contributed by atoms with van der Waals surface area (Å²) in [5, 5.41) is 7.37. The summed E-state index contributed by atoms with van der Waals surface area (Å²) >= 11 is 0. The number of carbonyl (C=O) groups is 1. The Morgan fingerprint density at radius 2 is 1.96 bits per heavy atom. The van der Waals surface area contributed by atoms with E-state index >= 15 is 0 Å². The van der Waals surface area contributed by atoms with Gasteiger partial charge >= 0.3 is 0 Å². The number of aryl methyl sites for hydroxylation is 1. The zero-order valence-electron chi connectivity index (χ0n) is 13.5. The number of nitrogens with zero attached hydrogens (tertiary/aromatic N) is 2. The molecule has 0 unspecified atom stereocenters. The van der Waals surface area contributed by atoms with E-state index in [1.54, 1.807) is 6.20 Å². The Hall–Kier alpha value is -2.69. The molecule has 0 saturated carbocycles. The number of anilines is 1. The second kappa shape index (κ2) is 8.68. The van der Waals surface area contributed by atoms with Gasteiger partial charge in [0.25, 0.3) is 0 Å². The summed E-state index contributed by atoms with van der Waals surface area (Å²) in [4.78, 5) is 15.9. The Morgan fingerprint density at radius 1 is 1.17 bits per heavy atom. The predicted octanol–water partition coefficient (Wildman–Crippen LogP) is 3.12. The lowest BCUT2D eigenvalue weighted by Gasteiger charge is -2.06. The molecule has 2 aromatic rings. The molecule has 0 fully saturated rings. The maximum atomic E-state index is 11.8. The molecule has 0 saturated heterocycles. The molecule has 120 valence electrons. The third-order valence-corrected chi connectivity index (χ3v) is 3.35. The molecule has 1 amide bonds. The van der Waals surface area contributed by atoms with Crippen molar-refractivity contribution in [1.29, 1.82) is 0 Å². The number of benzene rings is 1. The van der Waals surface area contributed by atoms with E-state index in [-0.39, 0.29) is 5.91 Å². The van der Waals surface area contributed by atoms with Crippen LogP contribution in [0.3, 0.4) is 0 Å². The SMILES string of the molecule is C/C(=N/NC(=O)CCCNc1ccc(C)cc1)c1ccccn1. The minimum absolute atomic E-state index is 0.0917. The molecule has 0 spiro atoms. The Morgan fingerprint density at radius 3 is 2.65 bits per heavy atom. The largest absolute Gasteiger partial charge is 0.385 e. The maximum Gasteiger partial charge on any atom is 0.240 e. The van der Waals surface area contributed by atoms with Crippen molar-refractivity contribution in [3.63, 3.8) is 0 Å². The summed E-state index contributed by atoms with van der Waals surface area (Å²) in [7, 11) is 0. The molecule has 23 heavy (non-hydrogen) atoms. The van der Waals surface area contributed by atoms with Gasteiger partial charge in [0.05, 0.1) is 11.4 Å². The highest BCUT2D eigenvalue weighted by Crippen LogP contribution is 2.08. The van der Waals surface area contributed by atoms with Crippen molar-refractivity contribution in [3.05, 3.63) is 59.9 Å². The van der Waals surface area contributed by atoms with Gasteiger partial charge in [-0.1, -0.05) is 23.8 Å². The van der Waals surface area contributed by atoms with E-state index in [4.69, 9.17) is 0 Å². The van der Waals surface area contributed by atoms with E-state index in [0.29, 0.717) is 12.1 Å². The molecule has 0 bridgehead atoms. The second-order valence-corrected chi connectivity index (χ2v) is 5.34. The Bertz CT molecular complexity index is 650. The number of aromatic nitrogens is 1. The highest BCUT2D eigenvalue weighted by atomic mass is 16.2. The third-order valence-electron chi connectivity index (χ3n) is 3.35. The average Bonchev–Trinajstić information content (AvgIpc) is 2.59. The third kappa shape index (κ3) is 5.90. The molecular formula is C18H22N4O. The number of rotatable bonds is 7. The Kier molecular flexibility index (Phi) is 6.29. The van der Waals surface area contributed by atoms with Gasteiger partial charge in [0.1, 0.15) is 0 Å². The van der Waals surface area contributed by atoms with Crippen LogP contribution >= 0.6 is 0 Å². The Labute approximate surface area is 136 Å². The van der Waals surface area contributed by atoms with Crippen LogP contribution in [0.5, 0.6) is 0 Å². The van der Waals surface area contributed by atoms with Crippen molar-refractivity contribution in [2.45, 2.75) is 26.7 Å². The minimum atomic E-state index is -0.0917. The first-order valence-electron chi connectivity index (χ1n) is 7.70. The molecule has 5 nitrogen and oxygen atoms in total. The first-order valence-corrected chi connectivity index (χ1v) is 7.70. The summed E-state index contributed by atoms with van der Waals surface area (Å²) in [5.74, 6) is -0.0917. The van der Waals surface area contributed by atoms with E-state index in [2.05, 4.69) is 39.9 Å². The molecule has 0 aliphatic heterocycles. The van der Waals surface area contributed by atoms with Crippen LogP contribution in [0.25, 0.3) is 0 Å². The molecule has 0 atom stereocenters. The van der Waals surface area contributed by atoms with Crippen LogP contribution in [0.1, 0.15) is 31.0 Å². The van der Waals surface area contributed by atoms with Crippen molar-refractivity contribution in [3.8, 4) is 0 Å². The molecule has 1 aromatic carbocycles. The van der Waals surface area contributed by atoms with Crippen molar-refractivity contribution >= 4 is 17.3 Å². The first kappa shape index (κ1) is 16.7. The fraction of sp³-hybridized carbons (Fsp3) is 0.278. The predicted molar refractivity (Wildman–Crippen MR) is 93.5 cm³/mol. The average molecular weight is 310 g/mol. The summed E-state index contributed by atoms with van der Waals surface area (Å²) in [6, 6.07) is 13.8. The highest BCUT2D eigenvalue weighted by molar-refractivity contribution is 5.97. The zero-order chi connectivity index (χ0) is 16.5. The number of pyridine rings is 1. The quantitative estimate of drug-likeness (QED) is 0.469. The van der Waals surface area contributed by atoms with Crippen molar-refractivity contribution in [1.82, 2.24) is 10.4 Å². The van der Waals surface area contributed by atoms with Crippen molar-refractivity contribution in [2.24, 2.45) is 5.10 Å². The molecule has 5 heteroatoms. The summed E-state index contributed by atoms with van der Waals surface area (Å²) in [6.45, 7) is 4.63. The van der Waals surface area contributed by atoms with Crippen molar-refractivity contribution in [2.75, 3.05) is 11.9 Å². The van der Waals surface area contributed by atoms with Crippen LogP contribution < -0.4 is 10.7 Å². The number of hydrazone groups is 1. The minimum Gasteiger partial charge on any atom is -0.385 e. The van der Waals surface area contributed by atoms with Crippen LogP contribution in [-0.2, 0) is 4.79 Å². The lowest BCUT2D eigenvalue weighted by Crippen LogP contribution is -2.20. The fourth-order valence-corrected chi connectivity index (χ4v) is 1.99. The number of hydrogen-bond acceptors (Lipinski definition) is 4. The fourth-order valence-electron chi connectivity index (χ4n) is 1.99. The lowest BCUT2D eigenvalue weighted by atomic mass is 10.2. The molecule has 1 aromatic heterocycles. The topological polar surface area (TPSA) is 66.4 Å². The number of hydrogen-bond donors (Lipinski definition) is 2. The van der Waals surface area contributed by atoms with Crippen LogP contribution in [0.15, 0.2) is 53.8 Å². The van der Waals surface area contributed by atoms with Crippen LogP contribution in [0, 0.1) is 6.92 Å². The molecule has 0 aliphatic rings. The van der Waals surface area contributed by atoms with E-state index < -0.39 is 0 Å². The first-order chi connectivity index (χ1) is 11.1. The molecule has 1 heterocycles. The van der Waals surface area contributed by atoms with E-state index in [1.807, 2.05) is 37.3 Å². The smallest absolute Gasteiger partial charge is 0.240 e. The summed E-state index contributed by atoms with van der Waals surface area (Å²) < 4.78 is 0. The van der Waals surface area contributed by atoms with E-state index in [9.17, 15) is 4.79 Å². The van der Waals surface area contributed by atoms with Crippen LogP contribution in [0.4, 0.5) is 5.69 Å². The molecule has 2 N–H and O–H groups in total. The van der Waals surface area contributed by atoms with Gasteiger partial charge in [-0.05, 0) is 44.5 Å². The standard InChI is InChI=1S/C18H22N4O/c1-14-8-10-16(11-9-14)19-13-5-7-18(23)22-21-15(2)17-6-3-4-12-20-17/h3-4,6,8-12,19H,5,7,13H2,1-2H3,(H,22,23)/b21-15-. The van der Waals surface area contributed by atoms with E-state index in [1.165, 1.54) is 5.56 Å². The molecule has 0 radical (unpaired) electrons. The van der Waals surface area contributed by atoms with Gasteiger partial charge in [0.2, 0.25) is 5.91 Å². The second-order valence-electron chi connectivity index (χ2n) is 5.34. The van der Waals surface area contributed by atoms with Gasteiger partial charge in [0, 0.05) is 24.8 Å². The van der Waals surface area contributed by atoms with Crippen molar-refractivity contribution < 1.29 is 4.79 Å². The summed E-state index contributed by atoms with van der Waals surface area (Å²) in [5.41, 5.74) is 6.32. The maximum absolute atomic E-state index is 11.8. The number of amides is 1. The molecule has 2 rings (SSSR count). The highest BCUT2D eigenvalue weighted by Gasteiger charge is 2.02. The summed E-state index contributed by atoms with van der Waals surface area (Å²) in [6.07, 6.45) is 2.88. The van der Waals surface area contributed by atoms with Gasteiger partial charge in [-0.2, -0.15) is 5.10 Å². The van der Waals surface area contributed by atoms with Crippen LogP contribution in [0.2, 0.25) is 0 Å². The van der Waals surface area contributed by atoms with Crippen LogP contribution in [-0.4, -0.2) is 23.1 Å². The number of nitrogens with one attached hydrogen (secondary N) is 2. The van der Waals surface area contributed by atoms with Gasteiger partial charge in [-0.3, -0.25) is 9.78 Å². The van der Waals surface area contributed by atoms with Gasteiger partial charge in [-0.25, -0.2) is 5.43 Å². The van der Waals surface area contributed by atoms with Gasteiger partial charge in [0.15, 0.2) is 0 Å². The van der Waals surface area contributed by atoms with Gasteiger partial charge in [-0.15, -0.1) is 0 Å². The number of carbonyl (C=O) groups excluding carboxylic acids is 1. The molecule has 0 aliphatic carbocycles. The monoisotopic (exact) mass is 310 g/mol. The zero-order valence-corrected chi connectivity index (χ0v) is 13.5. The van der Waals surface area contributed by atoms with Gasteiger partial charge < -0.3 is 5.32 Å². The van der Waals surface area contributed by atoms with E-state index in [0.717, 1.165) is 24.3 Å².